The van der Waals surface area contributed by atoms with Gasteiger partial charge in [0.15, 0.2) is 11.5 Å². The molecule has 0 saturated carbocycles. The van der Waals surface area contributed by atoms with Gasteiger partial charge in [-0.25, -0.2) is 0 Å². The van der Waals surface area contributed by atoms with Crippen molar-refractivity contribution in [3.63, 3.8) is 0 Å². The van der Waals surface area contributed by atoms with Crippen molar-refractivity contribution < 1.29 is 23.8 Å². The highest BCUT2D eigenvalue weighted by Gasteiger charge is 2.32. The molecule has 7 heteroatoms. The number of anilines is 2. The van der Waals surface area contributed by atoms with Crippen LogP contribution in [0.25, 0.3) is 0 Å². The lowest BCUT2D eigenvalue weighted by atomic mass is 10.1. The number of rotatable bonds is 6. The summed E-state index contributed by atoms with van der Waals surface area (Å²) in [4.78, 5) is 27.2. The molecule has 2 amide bonds. The fourth-order valence-electron chi connectivity index (χ4n) is 4.01. The number of nitrogens with one attached hydrogen (secondary N) is 1. The van der Waals surface area contributed by atoms with E-state index in [1.165, 1.54) is 0 Å². The second-order valence-corrected chi connectivity index (χ2v) is 7.50. The van der Waals surface area contributed by atoms with Crippen LogP contribution in [0, 0.1) is 0 Å². The molecule has 4 rings (SSSR count). The molecule has 2 aromatic rings. The zero-order valence-electron chi connectivity index (χ0n) is 17.3. The van der Waals surface area contributed by atoms with Gasteiger partial charge >= 0.3 is 0 Å². The molecular weight excluding hydrogens is 384 g/mol. The molecule has 0 aliphatic carbocycles. The van der Waals surface area contributed by atoms with Crippen molar-refractivity contribution in [1.82, 2.24) is 0 Å². The van der Waals surface area contributed by atoms with Crippen molar-refractivity contribution in [3.05, 3.63) is 47.5 Å². The Morgan fingerprint density at radius 1 is 1.13 bits per heavy atom. The number of fused-ring (bicyclic) bond motifs is 1. The fraction of sp³-hybridized carbons (Fsp3) is 0.391. The van der Waals surface area contributed by atoms with Crippen molar-refractivity contribution in [2.45, 2.75) is 31.8 Å². The van der Waals surface area contributed by atoms with Gasteiger partial charge in [0.25, 0.3) is 5.91 Å². The highest BCUT2D eigenvalue weighted by Crippen LogP contribution is 2.33. The maximum Gasteiger partial charge on any atom is 0.256 e. The van der Waals surface area contributed by atoms with E-state index in [4.69, 9.17) is 14.2 Å². The van der Waals surface area contributed by atoms with Crippen molar-refractivity contribution in [2.75, 3.05) is 37.6 Å². The molecule has 158 valence electrons. The maximum atomic E-state index is 12.8. The third-order valence-electron chi connectivity index (χ3n) is 5.55. The summed E-state index contributed by atoms with van der Waals surface area (Å²) < 4.78 is 16.1. The number of amides is 2. The molecule has 2 aliphatic heterocycles. The molecule has 1 saturated heterocycles. The van der Waals surface area contributed by atoms with Crippen LogP contribution in [0.1, 0.15) is 24.0 Å². The zero-order chi connectivity index (χ0) is 21.1. The molecule has 0 bridgehead atoms. The largest absolute Gasteiger partial charge is 0.493 e. The molecule has 0 radical (unpaired) electrons. The average Bonchev–Trinajstić information content (AvgIpc) is 3.43. The van der Waals surface area contributed by atoms with Gasteiger partial charge in [0.1, 0.15) is 6.10 Å². The lowest BCUT2D eigenvalue weighted by molar-refractivity contribution is -0.127. The van der Waals surface area contributed by atoms with Crippen molar-refractivity contribution in [1.29, 1.82) is 0 Å². The first-order valence-corrected chi connectivity index (χ1v) is 10.2. The van der Waals surface area contributed by atoms with Crippen LogP contribution in [0.15, 0.2) is 36.4 Å². The molecule has 2 heterocycles. The summed E-state index contributed by atoms with van der Waals surface area (Å²) in [6.45, 7) is 1.29. The van der Waals surface area contributed by atoms with Crippen molar-refractivity contribution in [2.24, 2.45) is 0 Å². The van der Waals surface area contributed by atoms with E-state index in [-0.39, 0.29) is 24.3 Å². The minimum Gasteiger partial charge on any atom is -0.493 e. The molecule has 1 unspecified atom stereocenters. The van der Waals surface area contributed by atoms with E-state index in [9.17, 15) is 9.59 Å². The predicted molar refractivity (Wildman–Crippen MR) is 113 cm³/mol. The number of hydrogen-bond acceptors (Lipinski definition) is 5. The van der Waals surface area contributed by atoms with Crippen LogP contribution in [-0.2, 0) is 27.2 Å². The SMILES string of the molecule is COc1ccc(CC(=O)Nc2ccc3c(c2)N(C(=O)C2CCCO2)CC3)cc1OC. The molecule has 1 fully saturated rings. The van der Waals surface area contributed by atoms with Gasteiger partial charge in [-0.3, -0.25) is 9.59 Å². The Bertz CT molecular complexity index is 953. The minimum absolute atomic E-state index is 0.0139. The Morgan fingerprint density at radius 3 is 2.70 bits per heavy atom. The molecule has 0 aromatic heterocycles. The van der Waals surface area contributed by atoms with Gasteiger partial charge in [0.2, 0.25) is 5.91 Å². The summed E-state index contributed by atoms with van der Waals surface area (Å²) >= 11 is 0. The fourth-order valence-corrected chi connectivity index (χ4v) is 4.01. The van der Waals surface area contributed by atoms with Crippen LogP contribution < -0.4 is 19.7 Å². The number of carbonyl (C=O) groups excluding carboxylic acids is 2. The van der Waals surface area contributed by atoms with Crippen LogP contribution >= 0.6 is 0 Å². The number of nitrogens with zero attached hydrogens (tertiary/aromatic N) is 1. The highest BCUT2D eigenvalue weighted by molar-refractivity contribution is 6.00. The van der Waals surface area contributed by atoms with Gasteiger partial charge in [-0.1, -0.05) is 12.1 Å². The normalized spacial score (nSPS) is 17.5. The second kappa shape index (κ2) is 8.75. The summed E-state index contributed by atoms with van der Waals surface area (Å²) in [5.41, 5.74) is 3.46. The Labute approximate surface area is 175 Å². The summed E-state index contributed by atoms with van der Waals surface area (Å²) in [7, 11) is 3.14. The van der Waals surface area contributed by atoms with Gasteiger partial charge in [-0.15, -0.1) is 0 Å². The number of carbonyl (C=O) groups is 2. The Balaban J connectivity index is 1.45. The Kier molecular flexibility index (Phi) is 5.90. The third kappa shape index (κ3) is 4.11. The monoisotopic (exact) mass is 410 g/mol. The molecule has 7 nitrogen and oxygen atoms in total. The van der Waals surface area contributed by atoms with E-state index in [0.717, 1.165) is 36.1 Å². The van der Waals surface area contributed by atoms with Gasteiger partial charge in [0, 0.05) is 24.5 Å². The van der Waals surface area contributed by atoms with Crippen LogP contribution in [0.2, 0.25) is 0 Å². The molecule has 1 atom stereocenters. The molecule has 30 heavy (non-hydrogen) atoms. The molecule has 2 aliphatic rings. The molecular formula is C23H26N2O5. The minimum atomic E-state index is -0.348. The Hall–Kier alpha value is -3.06. The zero-order valence-corrected chi connectivity index (χ0v) is 17.3. The molecule has 1 N–H and O–H groups in total. The summed E-state index contributed by atoms with van der Waals surface area (Å²) in [5.74, 6) is 1.08. The lowest BCUT2D eigenvalue weighted by Gasteiger charge is -2.21. The van der Waals surface area contributed by atoms with Crippen molar-refractivity contribution in [3.8, 4) is 11.5 Å². The molecule has 2 aromatic carbocycles. The summed E-state index contributed by atoms with van der Waals surface area (Å²) in [6.07, 6.45) is 2.36. The predicted octanol–water partition coefficient (Wildman–Crippen LogP) is 2.95. The van der Waals surface area contributed by atoms with Gasteiger partial charge < -0.3 is 24.4 Å². The standard InChI is InChI=1S/C23H26N2O5/c1-28-19-8-5-15(12-21(19)29-2)13-22(26)24-17-7-6-16-9-10-25(18(16)14-17)23(27)20-4-3-11-30-20/h5-8,12,14,20H,3-4,9-11,13H2,1-2H3,(H,24,26). The van der Waals surface area contributed by atoms with E-state index < -0.39 is 0 Å². The van der Waals surface area contributed by atoms with E-state index >= 15 is 0 Å². The number of benzene rings is 2. The highest BCUT2D eigenvalue weighted by atomic mass is 16.5. The number of hydrogen-bond donors (Lipinski definition) is 1. The number of ether oxygens (including phenoxy) is 3. The van der Waals surface area contributed by atoms with Crippen molar-refractivity contribution >= 4 is 23.2 Å². The summed E-state index contributed by atoms with van der Waals surface area (Å²) in [6, 6.07) is 11.2. The first kappa shape index (κ1) is 20.2. The summed E-state index contributed by atoms with van der Waals surface area (Å²) in [5, 5.41) is 2.94. The third-order valence-corrected chi connectivity index (χ3v) is 5.55. The maximum absolute atomic E-state index is 12.8. The van der Waals surface area contributed by atoms with Crippen LogP contribution in [0.5, 0.6) is 11.5 Å². The second-order valence-electron chi connectivity index (χ2n) is 7.50. The smallest absolute Gasteiger partial charge is 0.256 e. The van der Waals surface area contributed by atoms with E-state index in [1.54, 1.807) is 31.3 Å². The quantitative estimate of drug-likeness (QED) is 0.792. The first-order chi connectivity index (χ1) is 14.6. The van der Waals surface area contributed by atoms with Gasteiger partial charge in [-0.2, -0.15) is 0 Å². The van der Waals surface area contributed by atoms with Crippen LogP contribution in [0.4, 0.5) is 11.4 Å². The average molecular weight is 410 g/mol. The van der Waals surface area contributed by atoms with E-state index in [1.807, 2.05) is 24.3 Å². The molecule has 0 spiro atoms. The van der Waals surface area contributed by atoms with Gasteiger partial charge in [0.05, 0.1) is 20.6 Å². The number of methoxy groups -OCH3 is 2. The van der Waals surface area contributed by atoms with E-state index in [2.05, 4.69) is 5.32 Å². The lowest BCUT2D eigenvalue weighted by Crippen LogP contribution is -2.37. The van der Waals surface area contributed by atoms with E-state index in [0.29, 0.717) is 30.3 Å². The Morgan fingerprint density at radius 2 is 1.97 bits per heavy atom. The van der Waals surface area contributed by atoms with Crippen LogP contribution in [0.3, 0.4) is 0 Å². The topological polar surface area (TPSA) is 77.1 Å². The first-order valence-electron chi connectivity index (χ1n) is 10.2. The van der Waals surface area contributed by atoms with Crippen LogP contribution in [-0.4, -0.2) is 45.3 Å². The van der Waals surface area contributed by atoms with Gasteiger partial charge in [-0.05, 0) is 54.7 Å².